The van der Waals surface area contributed by atoms with Crippen LogP contribution in [0.4, 0.5) is 0 Å². The topological polar surface area (TPSA) is 46.6 Å². The highest BCUT2D eigenvalue weighted by Gasteiger charge is 2.45. The van der Waals surface area contributed by atoms with Gasteiger partial charge in [0.05, 0.1) is 0 Å². The molecule has 0 unspecified atom stereocenters. The third-order valence-corrected chi connectivity index (χ3v) is 4.81. The van der Waals surface area contributed by atoms with E-state index in [1.165, 1.54) is 11.1 Å². The Morgan fingerprint density at radius 1 is 1.29 bits per heavy atom. The predicted octanol–water partition coefficient (Wildman–Crippen LogP) is 2.84. The lowest BCUT2D eigenvalue weighted by Gasteiger charge is -2.36. The summed E-state index contributed by atoms with van der Waals surface area (Å²) in [5.41, 5.74) is 3.46. The highest BCUT2D eigenvalue weighted by atomic mass is 16.6. The van der Waals surface area contributed by atoms with Gasteiger partial charge in [-0.05, 0) is 44.6 Å². The van der Waals surface area contributed by atoms with Gasteiger partial charge in [-0.2, -0.15) is 0 Å². The zero-order valence-electron chi connectivity index (χ0n) is 12.1. The molecule has 0 N–H and O–H groups in total. The maximum atomic E-state index is 11.2. The van der Waals surface area contributed by atoms with E-state index in [2.05, 4.69) is 37.1 Å². The van der Waals surface area contributed by atoms with Crippen LogP contribution in [0.25, 0.3) is 11.2 Å². The summed E-state index contributed by atoms with van der Waals surface area (Å²) in [5.74, 6) is -0.644. The highest BCUT2D eigenvalue weighted by Crippen LogP contribution is 2.44. The Morgan fingerprint density at radius 2 is 2.10 bits per heavy atom. The molecule has 0 amide bonds. The van der Waals surface area contributed by atoms with Crippen LogP contribution < -0.4 is 5.82 Å². The van der Waals surface area contributed by atoms with Crippen LogP contribution >= 0.6 is 0 Å². The molecule has 0 bridgehead atoms. The Kier molecular flexibility index (Phi) is 2.54. The molecule has 2 atom stereocenters. The number of hydrogen-bond acceptors (Lipinski definition) is 4. The lowest BCUT2D eigenvalue weighted by atomic mass is 9.71. The Hall–Kier alpha value is -2.07. The zero-order valence-corrected chi connectivity index (χ0v) is 12.1. The first-order chi connectivity index (χ1) is 10.1. The number of hydrogen-bond donors (Lipinski definition) is 0. The second-order valence-electron chi connectivity index (χ2n) is 6.08. The number of benzene rings is 1. The molecule has 2 aromatic rings. The third-order valence-electron chi connectivity index (χ3n) is 4.81. The minimum Gasteiger partial charge on any atom is -0.391 e. The van der Waals surface area contributed by atoms with Gasteiger partial charge < -0.3 is 8.83 Å². The number of rotatable bonds is 1. The van der Waals surface area contributed by atoms with Crippen LogP contribution in [-0.4, -0.2) is 24.5 Å². The quantitative estimate of drug-likeness (QED) is 0.807. The Labute approximate surface area is 122 Å². The van der Waals surface area contributed by atoms with E-state index in [-0.39, 0.29) is 5.41 Å². The van der Waals surface area contributed by atoms with Gasteiger partial charge in [-0.1, -0.05) is 29.9 Å². The molecule has 4 heteroatoms. The van der Waals surface area contributed by atoms with E-state index in [4.69, 9.17) is 8.83 Å². The molecule has 1 saturated heterocycles. The molecule has 4 nitrogen and oxygen atoms in total. The predicted molar refractivity (Wildman–Crippen MR) is 80.4 cm³/mol. The van der Waals surface area contributed by atoms with Crippen molar-refractivity contribution in [3.63, 3.8) is 0 Å². The fraction of sp³-hybridized carbons (Fsp3) is 0.353. The summed E-state index contributed by atoms with van der Waals surface area (Å²) < 4.78 is 10.1. The monoisotopic (exact) mass is 283 g/mol. The Bertz CT molecular complexity index is 826. The molecule has 1 aromatic heterocycles. The Balaban J connectivity index is 1.89. The second kappa shape index (κ2) is 4.21. The first-order valence-corrected chi connectivity index (χ1v) is 7.21. The molecule has 0 saturated carbocycles. The lowest BCUT2D eigenvalue weighted by molar-refractivity contribution is 0.318. The van der Waals surface area contributed by atoms with Crippen LogP contribution in [0.3, 0.4) is 0 Å². The lowest BCUT2D eigenvalue weighted by Crippen LogP contribution is -2.39. The standard InChI is InChI=1S/C17H17NO3/c1-11-5-6-17(7-8-18(2)15(17)9-11)12-3-4-13-14(10-12)21-16(19)20-13/h3-6,9-10,15H,7-8H2,1-2H3/t15-,17-/m0/s1. The van der Waals surface area contributed by atoms with E-state index in [0.717, 1.165) is 13.0 Å². The van der Waals surface area contributed by atoms with E-state index in [0.29, 0.717) is 17.2 Å². The molecular weight excluding hydrogens is 266 g/mol. The number of fused-ring (bicyclic) bond motifs is 2. The summed E-state index contributed by atoms with van der Waals surface area (Å²) in [4.78, 5) is 13.6. The summed E-state index contributed by atoms with van der Waals surface area (Å²) >= 11 is 0. The zero-order chi connectivity index (χ0) is 14.6. The Morgan fingerprint density at radius 3 is 2.95 bits per heavy atom. The second-order valence-corrected chi connectivity index (χ2v) is 6.08. The molecule has 4 rings (SSSR count). The average molecular weight is 283 g/mol. The van der Waals surface area contributed by atoms with Gasteiger partial charge in [0.1, 0.15) is 0 Å². The minimum atomic E-state index is -0.644. The summed E-state index contributed by atoms with van der Waals surface area (Å²) in [6.45, 7) is 3.18. The molecule has 0 spiro atoms. The van der Waals surface area contributed by atoms with Crippen molar-refractivity contribution in [2.24, 2.45) is 0 Å². The van der Waals surface area contributed by atoms with Crippen LogP contribution in [0.15, 0.2) is 55.6 Å². The molecule has 1 aromatic carbocycles. The van der Waals surface area contributed by atoms with Crippen molar-refractivity contribution in [2.75, 3.05) is 13.6 Å². The van der Waals surface area contributed by atoms with Crippen molar-refractivity contribution >= 4 is 11.2 Å². The summed E-state index contributed by atoms with van der Waals surface area (Å²) in [6, 6.07) is 6.17. The summed E-state index contributed by atoms with van der Waals surface area (Å²) in [6.07, 6.45) is 7.87. The fourth-order valence-corrected chi connectivity index (χ4v) is 3.66. The first kappa shape index (κ1) is 12.7. The van der Waals surface area contributed by atoms with Gasteiger partial charge in [0.25, 0.3) is 0 Å². The first-order valence-electron chi connectivity index (χ1n) is 7.21. The van der Waals surface area contributed by atoms with E-state index >= 15 is 0 Å². The molecule has 21 heavy (non-hydrogen) atoms. The number of allylic oxidation sites excluding steroid dienone is 2. The fourth-order valence-electron chi connectivity index (χ4n) is 3.66. The van der Waals surface area contributed by atoms with E-state index in [1.807, 2.05) is 18.2 Å². The van der Waals surface area contributed by atoms with Crippen LogP contribution in [0.5, 0.6) is 0 Å². The van der Waals surface area contributed by atoms with Gasteiger partial charge in [-0.3, -0.25) is 4.90 Å². The van der Waals surface area contributed by atoms with Gasteiger partial charge in [-0.25, -0.2) is 4.79 Å². The number of likely N-dealkylation sites (N-methyl/N-ethyl adjacent to an activating group) is 1. The molecule has 1 fully saturated rings. The van der Waals surface area contributed by atoms with E-state index < -0.39 is 5.82 Å². The smallest absolute Gasteiger partial charge is 0.391 e. The van der Waals surface area contributed by atoms with E-state index in [1.54, 1.807) is 0 Å². The molecular formula is C17H17NO3. The average Bonchev–Trinajstić information content (AvgIpc) is 2.99. The molecule has 0 radical (unpaired) electrons. The SMILES string of the molecule is CC1=C[C@@H]2N(C)CC[C@]2(c2ccc3oc(=O)oc3c2)C=C1. The van der Waals surface area contributed by atoms with Gasteiger partial charge in [0.2, 0.25) is 0 Å². The normalized spacial score (nSPS) is 28.9. The molecule has 2 heterocycles. The molecule has 1 aliphatic carbocycles. The largest absolute Gasteiger partial charge is 0.519 e. The number of likely N-dealkylation sites (tertiary alicyclic amines) is 1. The third kappa shape index (κ3) is 1.75. The van der Waals surface area contributed by atoms with Gasteiger partial charge in [-0.15, -0.1) is 0 Å². The molecule has 108 valence electrons. The van der Waals surface area contributed by atoms with Crippen LogP contribution in [0.2, 0.25) is 0 Å². The van der Waals surface area contributed by atoms with Crippen molar-refractivity contribution in [3.05, 3.63) is 58.2 Å². The van der Waals surface area contributed by atoms with Crippen molar-refractivity contribution in [2.45, 2.75) is 24.8 Å². The minimum absolute atomic E-state index is 0.0434. The maximum Gasteiger partial charge on any atom is 0.519 e. The molecule has 1 aliphatic heterocycles. The van der Waals surface area contributed by atoms with Crippen molar-refractivity contribution in [1.82, 2.24) is 4.90 Å². The maximum absolute atomic E-state index is 11.2. The van der Waals surface area contributed by atoms with Crippen LogP contribution in [0, 0.1) is 0 Å². The van der Waals surface area contributed by atoms with Crippen LogP contribution in [0.1, 0.15) is 18.9 Å². The molecule has 2 aliphatic rings. The van der Waals surface area contributed by atoms with Crippen LogP contribution in [-0.2, 0) is 5.41 Å². The highest BCUT2D eigenvalue weighted by molar-refractivity contribution is 5.71. The van der Waals surface area contributed by atoms with E-state index in [9.17, 15) is 4.79 Å². The van der Waals surface area contributed by atoms with Gasteiger partial charge >= 0.3 is 5.82 Å². The van der Waals surface area contributed by atoms with Gasteiger partial charge in [0, 0.05) is 11.5 Å². The summed E-state index contributed by atoms with van der Waals surface area (Å²) in [5, 5.41) is 0. The van der Waals surface area contributed by atoms with Crippen molar-refractivity contribution in [3.8, 4) is 0 Å². The van der Waals surface area contributed by atoms with Crippen molar-refractivity contribution < 1.29 is 8.83 Å². The van der Waals surface area contributed by atoms with Crippen molar-refractivity contribution in [1.29, 1.82) is 0 Å². The number of nitrogens with zero attached hydrogens (tertiary/aromatic N) is 1. The summed E-state index contributed by atoms with van der Waals surface area (Å²) in [7, 11) is 2.16. The van der Waals surface area contributed by atoms with Gasteiger partial charge in [0.15, 0.2) is 11.2 Å².